The molecule has 2 aromatic carbocycles. The van der Waals surface area contributed by atoms with Crippen LogP contribution in [0, 0.1) is 6.92 Å². The van der Waals surface area contributed by atoms with E-state index in [1.807, 2.05) is 43.3 Å². The van der Waals surface area contributed by atoms with Gasteiger partial charge in [0, 0.05) is 13.6 Å². The Bertz CT molecular complexity index is 1010. The van der Waals surface area contributed by atoms with Gasteiger partial charge in [-0.05, 0) is 36.2 Å². The maximum absolute atomic E-state index is 12.6. The SMILES string of the molecule is COc1cccc(CN(C)C(=O)Cn2cnc3c(C)cccc3c2=O)c1. The molecule has 1 heterocycles. The molecule has 0 saturated heterocycles. The van der Waals surface area contributed by atoms with Gasteiger partial charge in [-0.15, -0.1) is 0 Å². The summed E-state index contributed by atoms with van der Waals surface area (Å²) >= 11 is 0. The molecule has 0 radical (unpaired) electrons. The van der Waals surface area contributed by atoms with E-state index in [0.29, 0.717) is 17.4 Å². The molecule has 0 spiro atoms. The Balaban J connectivity index is 1.78. The number of hydrogen-bond acceptors (Lipinski definition) is 4. The predicted octanol–water partition coefficient (Wildman–Crippen LogP) is 2.37. The molecule has 0 unspecified atom stereocenters. The summed E-state index contributed by atoms with van der Waals surface area (Å²) in [5.41, 5.74) is 2.36. The molecule has 0 aliphatic heterocycles. The quantitative estimate of drug-likeness (QED) is 0.708. The predicted molar refractivity (Wildman–Crippen MR) is 100 cm³/mol. The number of fused-ring (bicyclic) bond motifs is 1. The second-order valence-electron chi connectivity index (χ2n) is 6.25. The van der Waals surface area contributed by atoms with Gasteiger partial charge in [0.15, 0.2) is 0 Å². The first-order chi connectivity index (χ1) is 12.5. The number of aromatic nitrogens is 2. The Labute approximate surface area is 151 Å². The fraction of sp³-hybridized carbons (Fsp3) is 0.250. The smallest absolute Gasteiger partial charge is 0.261 e. The first kappa shape index (κ1) is 17.7. The molecule has 0 N–H and O–H groups in total. The average Bonchev–Trinajstić information content (AvgIpc) is 2.64. The van der Waals surface area contributed by atoms with E-state index < -0.39 is 0 Å². The van der Waals surface area contributed by atoms with E-state index in [4.69, 9.17) is 4.74 Å². The van der Waals surface area contributed by atoms with E-state index in [-0.39, 0.29) is 18.0 Å². The van der Waals surface area contributed by atoms with E-state index in [1.54, 1.807) is 25.1 Å². The maximum Gasteiger partial charge on any atom is 0.261 e. The van der Waals surface area contributed by atoms with Gasteiger partial charge in [0.2, 0.25) is 5.91 Å². The molecule has 1 aromatic heterocycles. The van der Waals surface area contributed by atoms with Crippen molar-refractivity contribution in [2.45, 2.75) is 20.0 Å². The number of hydrogen-bond donors (Lipinski definition) is 0. The number of nitrogens with zero attached hydrogens (tertiary/aromatic N) is 3. The summed E-state index contributed by atoms with van der Waals surface area (Å²) < 4.78 is 6.56. The van der Waals surface area contributed by atoms with Crippen molar-refractivity contribution in [3.63, 3.8) is 0 Å². The van der Waals surface area contributed by atoms with Crippen LogP contribution in [0.1, 0.15) is 11.1 Å². The number of benzene rings is 2. The molecule has 0 aliphatic rings. The minimum atomic E-state index is -0.207. The number of methoxy groups -OCH3 is 1. The molecule has 0 aliphatic carbocycles. The highest BCUT2D eigenvalue weighted by atomic mass is 16.5. The van der Waals surface area contributed by atoms with Gasteiger partial charge < -0.3 is 9.64 Å². The molecule has 134 valence electrons. The van der Waals surface area contributed by atoms with Gasteiger partial charge in [0.25, 0.3) is 5.56 Å². The van der Waals surface area contributed by atoms with E-state index in [9.17, 15) is 9.59 Å². The van der Waals surface area contributed by atoms with Crippen LogP contribution in [0.2, 0.25) is 0 Å². The van der Waals surface area contributed by atoms with E-state index in [0.717, 1.165) is 16.9 Å². The van der Waals surface area contributed by atoms with E-state index in [1.165, 1.54) is 10.9 Å². The zero-order valence-corrected chi connectivity index (χ0v) is 15.1. The monoisotopic (exact) mass is 351 g/mol. The van der Waals surface area contributed by atoms with E-state index in [2.05, 4.69) is 4.98 Å². The fourth-order valence-electron chi connectivity index (χ4n) is 2.85. The number of aryl methyl sites for hydroxylation is 1. The molecule has 6 nitrogen and oxygen atoms in total. The van der Waals surface area contributed by atoms with Crippen molar-refractivity contribution in [2.75, 3.05) is 14.2 Å². The Kier molecular flexibility index (Phi) is 5.02. The van der Waals surface area contributed by atoms with Crippen molar-refractivity contribution in [1.82, 2.24) is 14.5 Å². The number of ether oxygens (including phenoxy) is 1. The number of rotatable bonds is 5. The van der Waals surface area contributed by atoms with Crippen LogP contribution in [0.4, 0.5) is 0 Å². The number of carbonyl (C=O) groups is 1. The van der Waals surface area contributed by atoms with Crippen LogP contribution in [0.3, 0.4) is 0 Å². The van der Waals surface area contributed by atoms with E-state index >= 15 is 0 Å². The zero-order chi connectivity index (χ0) is 18.7. The summed E-state index contributed by atoms with van der Waals surface area (Å²) in [6.45, 7) is 2.30. The first-order valence-electron chi connectivity index (χ1n) is 8.31. The Morgan fingerprint density at radius 1 is 1.23 bits per heavy atom. The summed E-state index contributed by atoms with van der Waals surface area (Å²) in [6, 6.07) is 13.0. The van der Waals surface area contributed by atoms with Crippen LogP contribution in [-0.2, 0) is 17.9 Å². The van der Waals surface area contributed by atoms with Gasteiger partial charge in [-0.2, -0.15) is 0 Å². The highest BCUT2D eigenvalue weighted by molar-refractivity contribution is 5.81. The summed E-state index contributed by atoms with van der Waals surface area (Å²) in [5.74, 6) is 0.581. The van der Waals surface area contributed by atoms with Crippen molar-refractivity contribution < 1.29 is 9.53 Å². The number of amides is 1. The largest absolute Gasteiger partial charge is 0.497 e. The second kappa shape index (κ2) is 7.39. The zero-order valence-electron chi connectivity index (χ0n) is 15.1. The molecule has 3 aromatic rings. The molecular formula is C20H21N3O3. The molecule has 0 bridgehead atoms. The van der Waals surface area contributed by atoms with Gasteiger partial charge in [-0.25, -0.2) is 4.98 Å². The van der Waals surface area contributed by atoms with Gasteiger partial charge in [0.1, 0.15) is 12.3 Å². The van der Waals surface area contributed by atoms with Crippen molar-refractivity contribution in [1.29, 1.82) is 0 Å². The van der Waals surface area contributed by atoms with Crippen molar-refractivity contribution in [3.05, 3.63) is 70.3 Å². The summed E-state index contributed by atoms with van der Waals surface area (Å²) in [7, 11) is 3.32. The number of likely N-dealkylation sites (N-methyl/N-ethyl adjacent to an activating group) is 1. The van der Waals surface area contributed by atoms with Gasteiger partial charge >= 0.3 is 0 Å². The van der Waals surface area contributed by atoms with Gasteiger partial charge in [-0.1, -0.05) is 24.3 Å². The third-order valence-electron chi connectivity index (χ3n) is 4.34. The molecule has 26 heavy (non-hydrogen) atoms. The summed E-state index contributed by atoms with van der Waals surface area (Å²) in [6.07, 6.45) is 1.44. The normalized spacial score (nSPS) is 10.7. The Hall–Kier alpha value is -3.15. The summed E-state index contributed by atoms with van der Waals surface area (Å²) in [4.78, 5) is 31.1. The fourth-order valence-corrected chi connectivity index (χ4v) is 2.85. The Morgan fingerprint density at radius 3 is 2.77 bits per heavy atom. The number of carbonyl (C=O) groups excluding carboxylic acids is 1. The van der Waals surface area contributed by atoms with Crippen molar-refractivity contribution in [3.8, 4) is 5.75 Å². The van der Waals surface area contributed by atoms with Crippen LogP contribution < -0.4 is 10.3 Å². The topological polar surface area (TPSA) is 64.4 Å². The third kappa shape index (κ3) is 3.59. The molecule has 1 amide bonds. The second-order valence-corrected chi connectivity index (χ2v) is 6.25. The number of para-hydroxylation sites is 1. The van der Waals surface area contributed by atoms with Crippen LogP contribution in [0.25, 0.3) is 10.9 Å². The minimum absolute atomic E-state index is 0.0455. The molecule has 0 saturated carbocycles. The van der Waals surface area contributed by atoms with Crippen LogP contribution in [0.5, 0.6) is 5.75 Å². The molecule has 0 atom stereocenters. The van der Waals surface area contributed by atoms with Gasteiger partial charge in [-0.3, -0.25) is 14.2 Å². The lowest BCUT2D eigenvalue weighted by molar-refractivity contribution is -0.131. The molecule has 6 heteroatoms. The first-order valence-corrected chi connectivity index (χ1v) is 8.31. The highest BCUT2D eigenvalue weighted by Crippen LogP contribution is 2.14. The standard InChI is InChI=1S/C20H21N3O3/c1-14-6-4-9-17-19(14)21-13-23(20(17)25)12-18(24)22(2)11-15-7-5-8-16(10-15)26-3/h4-10,13H,11-12H2,1-3H3. The molecule has 0 fully saturated rings. The van der Waals surface area contributed by atoms with Crippen LogP contribution in [-0.4, -0.2) is 34.5 Å². The Morgan fingerprint density at radius 2 is 2.00 bits per heavy atom. The molecular weight excluding hydrogens is 330 g/mol. The lowest BCUT2D eigenvalue weighted by Gasteiger charge is -2.18. The van der Waals surface area contributed by atoms with Crippen molar-refractivity contribution >= 4 is 16.8 Å². The maximum atomic E-state index is 12.6. The average molecular weight is 351 g/mol. The lowest BCUT2D eigenvalue weighted by Crippen LogP contribution is -2.33. The van der Waals surface area contributed by atoms with Crippen molar-refractivity contribution in [2.24, 2.45) is 0 Å². The highest BCUT2D eigenvalue weighted by Gasteiger charge is 2.13. The minimum Gasteiger partial charge on any atom is -0.497 e. The van der Waals surface area contributed by atoms with Crippen LogP contribution >= 0.6 is 0 Å². The third-order valence-corrected chi connectivity index (χ3v) is 4.34. The lowest BCUT2D eigenvalue weighted by atomic mass is 10.1. The van der Waals surface area contributed by atoms with Gasteiger partial charge in [0.05, 0.1) is 24.3 Å². The van der Waals surface area contributed by atoms with Crippen LogP contribution in [0.15, 0.2) is 53.6 Å². The summed E-state index contributed by atoms with van der Waals surface area (Å²) in [5, 5.41) is 0.524. The molecule has 3 rings (SSSR count).